The zero-order chi connectivity index (χ0) is 18.2. The topological polar surface area (TPSA) is 41.9 Å². The maximum atomic E-state index is 10.6. The Balaban J connectivity index is 2.12. The van der Waals surface area contributed by atoms with Crippen molar-refractivity contribution in [1.82, 2.24) is 4.90 Å². The molecule has 0 saturated heterocycles. The Labute approximate surface area is 151 Å². The average molecular weight is 343 g/mol. The van der Waals surface area contributed by atoms with Crippen LogP contribution < -0.4 is 9.47 Å². The van der Waals surface area contributed by atoms with Gasteiger partial charge in [-0.05, 0) is 29.2 Å². The Morgan fingerprint density at radius 2 is 1.60 bits per heavy atom. The first kappa shape index (κ1) is 19.3. The van der Waals surface area contributed by atoms with Gasteiger partial charge in [0.25, 0.3) is 0 Å². The van der Waals surface area contributed by atoms with Crippen LogP contribution in [0.3, 0.4) is 0 Å². The molecule has 0 heterocycles. The van der Waals surface area contributed by atoms with Gasteiger partial charge in [0.2, 0.25) is 0 Å². The van der Waals surface area contributed by atoms with E-state index in [4.69, 9.17) is 9.47 Å². The van der Waals surface area contributed by atoms with Crippen LogP contribution in [0.5, 0.6) is 11.5 Å². The first-order valence-electron chi connectivity index (χ1n) is 8.69. The molecule has 1 N–H and O–H groups in total. The fourth-order valence-electron chi connectivity index (χ4n) is 2.98. The van der Waals surface area contributed by atoms with Gasteiger partial charge in [-0.15, -0.1) is 0 Å². The number of hydrogen-bond donors (Lipinski definition) is 1. The van der Waals surface area contributed by atoms with Crippen molar-refractivity contribution >= 4 is 0 Å². The molecule has 1 atom stereocenters. The summed E-state index contributed by atoms with van der Waals surface area (Å²) in [5.41, 5.74) is 2.09. The third-order valence-electron chi connectivity index (χ3n) is 4.09. The number of rotatable bonds is 9. The minimum absolute atomic E-state index is 0.500. The molecule has 0 fully saturated rings. The number of ether oxygens (including phenoxy) is 2. The van der Waals surface area contributed by atoms with E-state index in [1.165, 1.54) is 0 Å². The molecular weight excluding hydrogens is 314 g/mol. The molecule has 0 aliphatic carbocycles. The summed E-state index contributed by atoms with van der Waals surface area (Å²) in [7, 11) is 3.28. The Kier molecular flexibility index (Phi) is 7.29. The van der Waals surface area contributed by atoms with Crippen molar-refractivity contribution in [3.05, 3.63) is 59.7 Å². The average Bonchev–Trinajstić information content (AvgIpc) is 2.61. The molecule has 4 nitrogen and oxygen atoms in total. The zero-order valence-electron chi connectivity index (χ0n) is 15.6. The van der Waals surface area contributed by atoms with Crippen molar-refractivity contribution in [2.24, 2.45) is 5.92 Å². The molecule has 2 aromatic rings. The molecule has 0 amide bonds. The van der Waals surface area contributed by atoms with E-state index in [2.05, 4.69) is 18.7 Å². The number of benzene rings is 2. The molecule has 2 rings (SSSR count). The normalized spacial score (nSPS) is 12.4. The lowest BCUT2D eigenvalue weighted by atomic mass is 10.1. The van der Waals surface area contributed by atoms with Crippen molar-refractivity contribution < 1.29 is 14.6 Å². The molecule has 136 valence electrons. The molecule has 0 radical (unpaired) electrons. The van der Waals surface area contributed by atoms with E-state index >= 15 is 0 Å². The van der Waals surface area contributed by atoms with Crippen LogP contribution in [0, 0.1) is 5.92 Å². The van der Waals surface area contributed by atoms with E-state index in [0.29, 0.717) is 12.5 Å². The van der Waals surface area contributed by atoms with E-state index in [9.17, 15) is 5.11 Å². The van der Waals surface area contributed by atoms with Gasteiger partial charge in [-0.3, -0.25) is 4.90 Å². The van der Waals surface area contributed by atoms with Crippen LogP contribution in [0.1, 0.15) is 31.1 Å². The molecule has 0 unspecified atom stereocenters. The number of methoxy groups -OCH3 is 2. The van der Waals surface area contributed by atoms with Gasteiger partial charge >= 0.3 is 0 Å². The number of nitrogens with zero attached hydrogens (tertiary/aromatic N) is 1. The van der Waals surface area contributed by atoms with Crippen molar-refractivity contribution in [1.29, 1.82) is 0 Å². The molecule has 4 heteroatoms. The van der Waals surface area contributed by atoms with Crippen LogP contribution in [0.2, 0.25) is 0 Å². The van der Waals surface area contributed by atoms with E-state index < -0.39 is 6.10 Å². The number of hydrogen-bond acceptors (Lipinski definition) is 4. The lowest BCUT2D eigenvalue weighted by molar-refractivity contribution is 0.102. The van der Waals surface area contributed by atoms with Gasteiger partial charge in [-0.2, -0.15) is 0 Å². The molecule has 2 aromatic carbocycles. The van der Waals surface area contributed by atoms with Crippen LogP contribution >= 0.6 is 0 Å². The fourth-order valence-corrected chi connectivity index (χ4v) is 2.98. The minimum Gasteiger partial charge on any atom is -0.493 e. The predicted octanol–water partition coefficient (Wildman–Crippen LogP) is 3.90. The molecule has 0 bridgehead atoms. The second-order valence-corrected chi connectivity index (χ2v) is 6.70. The summed E-state index contributed by atoms with van der Waals surface area (Å²) in [5.74, 6) is 1.97. The van der Waals surface area contributed by atoms with Crippen molar-refractivity contribution in [2.75, 3.05) is 27.3 Å². The highest BCUT2D eigenvalue weighted by Crippen LogP contribution is 2.28. The van der Waals surface area contributed by atoms with Gasteiger partial charge in [0.15, 0.2) is 11.5 Å². The summed E-state index contributed by atoms with van der Waals surface area (Å²) in [6.07, 6.45) is -0.500. The Bertz CT molecular complexity index is 643. The molecule has 0 aromatic heterocycles. The summed E-state index contributed by atoms with van der Waals surface area (Å²) < 4.78 is 10.7. The molecule has 0 aliphatic rings. The van der Waals surface area contributed by atoms with Gasteiger partial charge in [0.1, 0.15) is 0 Å². The smallest absolute Gasteiger partial charge is 0.161 e. The van der Waals surface area contributed by atoms with Gasteiger partial charge in [0.05, 0.1) is 20.3 Å². The second kappa shape index (κ2) is 9.44. The number of aliphatic hydroxyl groups excluding tert-OH is 1. The van der Waals surface area contributed by atoms with Gasteiger partial charge in [-0.1, -0.05) is 50.2 Å². The standard InChI is InChI=1S/C21H29NO3/c1-16(2)13-22(15-19(23)18-8-6-5-7-9-18)14-17-10-11-20(24-3)21(12-17)25-4/h5-12,16,19,23H,13-15H2,1-4H3/t19-/m0/s1. The first-order valence-corrected chi connectivity index (χ1v) is 8.69. The molecule has 0 spiro atoms. The minimum atomic E-state index is -0.500. The van der Waals surface area contributed by atoms with Gasteiger partial charge in [0, 0.05) is 19.6 Å². The predicted molar refractivity (Wildman–Crippen MR) is 101 cm³/mol. The second-order valence-electron chi connectivity index (χ2n) is 6.70. The quantitative estimate of drug-likeness (QED) is 0.750. The summed E-state index contributed by atoms with van der Waals surface area (Å²) in [4.78, 5) is 2.28. The van der Waals surface area contributed by atoms with Crippen molar-refractivity contribution in [2.45, 2.75) is 26.5 Å². The summed E-state index contributed by atoms with van der Waals surface area (Å²) in [5, 5.41) is 10.6. The SMILES string of the molecule is COc1ccc(CN(CC(C)C)C[C@H](O)c2ccccc2)cc1OC. The van der Waals surface area contributed by atoms with E-state index in [-0.39, 0.29) is 0 Å². The van der Waals surface area contributed by atoms with E-state index in [1.54, 1.807) is 14.2 Å². The van der Waals surface area contributed by atoms with Crippen LogP contribution in [0.4, 0.5) is 0 Å². The Morgan fingerprint density at radius 3 is 2.20 bits per heavy atom. The zero-order valence-corrected chi connectivity index (χ0v) is 15.6. The Morgan fingerprint density at radius 1 is 0.920 bits per heavy atom. The monoisotopic (exact) mass is 343 g/mol. The molecule has 0 saturated carbocycles. The van der Waals surface area contributed by atoms with E-state index in [1.807, 2.05) is 48.5 Å². The van der Waals surface area contributed by atoms with Crippen LogP contribution in [-0.2, 0) is 6.54 Å². The lowest BCUT2D eigenvalue weighted by Gasteiger charge is -2.27. The van der Waals surface area contributed by atoms with Crippen LogP contribution in [0.25, 0.3) is 0 Å². The maximum absolute atomic E-state index is 10.6. The molecule has 0 aliphatic heterocycles. The fraction of sp³-hybridized carbons (Fsp3) is 0.429. The van der Waals surface area contributed by atoms with Crippen molar-refractivity contribution in [3.63, 3.8) is 0 Å². The maximum Gasteiger partial charge on any atom is 0.161 e. The Hall–Kier alpha value is -2.04. The highest BCUT2D eigenvalue weighted by molar-refractivity contribution is 5.42. The first-order chi connectivity index (χ1) is 12.0. The number of aliphatic hydroxyl groups is 1. The van der Waals surface area contributed by atoms with Crippen molar-refractivity contribution in [3.8, 4) is 11.5 Å². The summed E-state index contributed by atoms with van der Waals surface area (Å²) in [6.45, 7) is 6.64. The third kappa shape index (κ3) is 5.76. The highest BCUT2D eigenvalue weighted by atomic mass is 16.5. The van der Waals surface area contributed by atoms with E-state index in [0.717, 1.165) is 35.7 Å². The van der Waals surface area contributed by atoms with Crippen LogP contribution in [0.15, 0.2) is 48.5 Å². The van der Waals surface area contributed by atoms with Gasteiger partial charge in [-0.25, -0.2) is 0 Å². The summed E-state index contributed by atoms with van der Waals surface area (Å²) in [6, 6.07) is 15.8. The summed E-state index contributed by atoms with van der Waals surface area (Å²) >= 11 is 0. The van der Waals surface area contributed by atoms with Crippen LogP contribution in [-0.4, -0.2) is 37.3 Å². The molecular formula is C21H29NO3. The lowest BCUT2D eigenvalue weighted by Crippen LogP contribution is -2.31. The molecule has 25 heavy (non-hydrogen) atoms. The highest BCUT2D eigenvalue weighted by Gasteiger charge is 2.16. The largest absolute Gasteiger partial charge is 0.493 e. The third-order valence-corrected chi connectivity index (χ3v) is 4.09. The van der Waals surface area contributed by atoms with Gasteiger partial charge < -0.3 is 14.6 Å².